The number of hydrogen-bond donors (Lipinski definition) is 0. The number of aromatic nitrogens is 4. The van der Waals surface area contributed by atoms with Gasteiger partial charge in [0.2, 0.25) is 11.7 Å². The van der Waals surface area contributed by atoms with Crippen molar-refractivity contribution in [3.63, 3.8) is 0 Å². The molecule has 1 saturated heterocycles. The monoisotopic (exact) mass is 362 g/mol. The summed E-state index contributed by atoms with van der Waals surface area (Å²) < 4.78 is 12.4. The highest BCUT2D eigenvalue weighted by molar-refractivity contribution is 5.63. The highest BCUT2D eigenvalue weighted by Gasteiger charge is 2.31. The number of methoxy groups -OCH3 is 1. The van der Waals surface area contributed by atoms with E-state index >= 15 is 0 Å². The fourth-order valence-corrected chi connectivity index (χ4v) is 3.15. The number of anilines is 1. The van der Waals surface area contributed by atoms with Crippen molar-refractivity contribution >= 4 is 11.5 Å². The van der Waals surface area contributed by atoms with Gasteiger partial charge >= 0.3 is 11.6 Å². The molecule has 2 aromatic heterocycles. The second kappa shape index (κ2) is 7.65. The third-order valence-corrected chi connectivity index (χ3v) is 4.43. The molecular weight excluding hydrogens is 340 g/mol. The van der Waals surface area contributed by atoms with E-state index in [0.29, 0.717) is 31.5 Å². The maximum atomic E-state index is 11.7. The number of ether oxygens (including phenoxy) is 2. The van der Waals surface area contributed by atoms with E-state index in [9.17, 15) is 10.1 Å². The summed E-state index contributed by atoms with van der Waals surface area (Å²) in [5.41, 5.74) is 0.524. The second-order valence-electron chi connectivity index (χ2n) is 6.34. The van der Waals surface area contributed by atoms with Crippen LogP contribution in [0.15, 0.2) is 12.4 Å². The highest BCUT2D eigenvalue weighted by Crippen LogP contribution is 2.37. The van der Waals surface area contributed by atoms with Crippen molar-refractivity contribution in [2.45, 2.75) is 19.8 Å². The molecule has 1 fully saturated rings. The van der Waals surface area contributed by atoms with Crippen molar-refractivity contribution in [1.29, 1.82) is 0 Å². The molecular formula is C16H22N6O4. The van der Waals surface area contributed by atoms with E-state index in [0.717, 1.165) is 18.5 Å². The van der Waals surface area contributed by atoms with Crippen molar-refractivity contribution in [1.82, 2.24) is 19.7 Å². The van der Waals surface area contributed by atoms with Gasteiger partial charge < -0.3 is 14.4 Å². The Bertz CT molecular complexity index is 785. The number of nitrogens with zero attached hydrogens (tertiary/aromatic N) is 6. The van der Waals surface area contributed by atoms with E-state index in [1.54, 1.807) is 20.2 Å². The molecule has 0 N–H and O–H groups in total. The number of piperidine rings is 1. The third kappa shape index (κ3) is 3.74. The van der Waals surface area contributed by atoms with Crippen LogP contribution in [0.2, 0.25) is 0 Å². The maximum Gasteiger partial charge on any atom is 0.373 e. The number of nitro groups is 1. The minimum absolute atomic E-state index is 0.0815. The van der Waals surface area contributed by atoms with Crippen molar-refractivity contribution in [2.75, 3.05) is 31.7 Å². The van der Waals surface area contributed by atoms with Gasteiger partial charge in [-0.25, -0.2) is 9.67 Å². The first-order valence-electron chi connectivity index (χ1n) is 8.41. The molecule has 26 heavy (non-hydrogen) atoms. The van der Waals surface area contributed by atoms with Crippen LogP contribution in [0.3, 0.4) is 0 Å². The Balaban J connectivity index is 1.87. The lowest BCUT2D eigenvalue weighted by atomic mass is 9.98. The molecule has 10 nitrogen and oxygen atoms in total. The summed E-state index contributed by atoms with van der Waals surface area (Å²) in [6, 6.07) is 1.70. The van der Waals surface area contributed by atoms with Crippen molar-refractivity contribution < 1.29 is 14.4 Å². The Morgan fingerprint density at radius 1 is 1.35 bits per heavy atom. The highest BCUT2D eigenvalue weighted by atomic mass is 16.6. The maximum absolute atomic E-state index is 11.7. The van der Waals surface area contributed by atoms with E-state index in [-0.39, 0.29) is 17.4 Å². The average Bonchev–Trinajstić information content (AvgIpc) is 2.92. The van der Waals surface area contributed by atoms with E-state index in [1.165, 1.54) is 11.0 Å². The third-order valence-electron chi connectivity index (χ3n) is 4.43. The first kappa shape index (κ1) is 18.1. The molecule has 0 aliphatic carbocycles. The zero-order valence-corrected chi connectivity index (χ0v) is 15.1. The first-order valence-corrected chi connectivity index (χ1v) is 8.41. The molecule has 1 aliphatic rings. The molecule has 0 spiro atoms. The van der Waals surface area contributed by atoms with Crippen LogP contribution >= 0.6 is 0 Å². The lowest BCUT2D eigenvalue weighted by molar-refractivity contribution is -0.385. The molecule has 0 atom stereocenters. The molecule has 3 heterocycles. The largest absolute Gasteiger partial charge is 0.415 e. The Kier molecular flexibility index (Phi) is 5.31. The summed E-state index contributed by atoms with van der Waals surface area (Å²) >= 11 is 0. The number of rotatable bonds is 6. The topological polar surface area (TPSA) is 108 Å². The standard InChI is InChI=1S/C16H22N6O4/c1-11-8-13(20(2)19-11)26-16-14(22(23)24)15(17-10-18-16)21-6-4-12(5-7-21)9-25-3/h8,10,12H,4-7,9H2,1-3H3. The van der Waals surface area contributed by atoms with E-state index in [2.05, 4.69) is 15.1 Å². The Morgan fingerprint density at radius 2 is 2.08 bits per heavy atom. The summed E-state index contributed by atoms with van der Waals surface area (Å²) in [4.78, 5) is 21.3. The molecule has 0 radical (unpaired) electrons. The lowest BCUT2D eigenvalue weighted by Gasteiger charge is -2.32. The van der Waals surface area contributed by atoms with Gasteiger partial charge in [0.1, 0.15) is 6.33 Å². The van der Waals surface area contributed by atoms with Crippen LogP contribution in [0.1, 0.15) is 18.5 Å². The van der Waals surface area contributed by atoms with Crippen LogP contribution in [0.25, 0.3) is 0 Å². The second-order valence-corrected chi connectivity index (χ2v) is 6.34. The minimum atomic E-state index is -0.491. The summed E-state index contributed by atoms with van der Waals surface area (Å²) in [5, 5.41) is 15.9. The molecule has 0 saturated carbocycles. The van der Waals surface area contributed by atoms with E-state index < -0.39 is 4.92 Å². The molecule has 0 bridgehead atoms. The van der Waals surface area contributed by atoms with Crippen LogP contribution in [0, 0.1) is 23.0 Å². The average molecular weight is 362 g/mol. The summed E-state index contributed by atoms with van der Waals surface area (Å²) in [7, 11) is 3.39. The molecule has 0 aromatic carbocycles. The molecule has 1 aliphatic heterocycles. The Hall–Kier alpha value is -2.75. The normalized spacial score (nSPS) is 15.3. The number of aryl methyl sites for hydroxylation is 2. The SMILES string of the molecule is COCC1CCN(c2ncnc(Oc3cc(C)nn3C)c2[N+](=O)[O-])CC1. The van der Waals surface area contributed by atoms with Gasteiger partial charge in [0.15, 0.2) is 0 Å². The van der Waals surface area contributed by atoms with Gasteiger partial charge in [-0.05, 0) is 25.7 Å². The predicted molar refractivity (Wildman–Crippen MR) is 93.5 cm³/mol. The van der Waals surface area contributed by atoms with E-state index in [4.69, 9.17) is 9.47 Å². The lowest BCUT2D eigenvalue weighted by Crippen LogP contribution is -2.36. The Labute approximate surface area is 150 Å². The molecule has 2 aromatic rings. The van der Waals surface area contributed by atoms with Crippen LogP contribution in [0.5, 0.6) is 11.8 Å². The van der Waals surface area contributed by atoms with Gasteiger partial charge in [-0.3, -0.25) is 10.1 Å². The zero-order chi connectivity index (χ0) is 18.7. The smallest absolute Gasteiger partial charge is 0.373 e. The fourth-order valence-electron chi connectivity index (χ4n) is 3.15. The van der Waals surface area contributed by atoms with Crippen molar-refractivity contribution in [3.05, 3.63) is 28.2 Å². The van der Waals surface area contributed by atoms with Crippen LogP contribution in [-0.4, -0.2) is 51.5 Å². The minimum Gasteiger partial charge on any atom is -0.415 e. The summed E-state index contributed by atoms with van der Waals surface area (Å²) in [6.45, 7) is 3.87. The van der Waals surface area contributed by atoms with Gasteiger partial charge in [-0.2, -0.15) is 10.1 Å². The first-order chi connectivity index (χ1) is 12.5. The van der Waals surface area contributed by atoms with Crippen molar-refractivity contribution in [2.24, 2.45) is 13.0 Å². The zero-order valence-electron chi connectivity index (χ0n) is 15.1. The van der Waals surface area contributed by atoms with Gasteiger partial charge in [-0.15, -0.1) is 0 Å². The molecule has 0 amide bonds. The van der Waals surface area contributed by atoms with Crippen LogP contribution in [0.4, 0.5) is 11.5 Å². The van der Waals surface area contributed by atoms with Gasteiger partial charge in [-0.1, -0.05) is 0 Å². The van der Waals surface area contributed by atoms with Gasteiger partial charge in [0, 0.05) is 39.9 Å². The number of hydrogen-bond acceptors (Lipinski definition) is 8. The molecule has 140 valence electrons. The Morgan fingerprint density at radius 3 is 2.65 bits per heavy atom. The van der Waals surface area contributed by atoms with Gasteiger partial charge in [0.05, 0.1) is 10.6 Å². The fraction of sp³-hybridized carbons (Fsp3) is 0.562. The summed E-state index contributed by atoms with van der Waals surface area (Å²) in [6.07, 6.45) is 3.08. The van der Waals surface area contributed by atoms with Gasteiger partial charge in [0.25, 0.3) is 0 Å². The molecule has 10 heteroatoms. The van der Waals surface area contributed by atoms with E-state index in [1.807, 2.05) is 11.8 Å². The van der Waals surface area contributed by atoms with Crippen molar-refractivity contribution in [3.8, 4) is 11.8 Å². The van der Waals surface area contributed by atoms with Crippen LogP contribution < -0.4 is 9.64 Å². The molecule has 0 unspecified atom stereocenters. The molecule has 3 rings (SSSR count). The quantitative estimate of drug-likeness (QED) is 0.568. The summed E-state index contributed by atoms with van der Waals surface area (Å²) in [5.74, 6) is 1.05. The van der Waals surface area contributed by atoms with Crippen LogP contribution in [-0.2, 0) is 11.8 Å². The predicted octanol–water partition coefficient (Wildman–Crippen LogP) is 2.08.